The number of aromatic nitrogens is 3. The first-order chi connectivity index (χ1) is 18.0. The van der Waals surface area contributed by atoms with Crippen LogP contribution >= 0.6 is 0 Å². The third kappa shape index (κ3) is 5.48. The summed E-state index contributed by atoms with van der Waals surface area (Å²) in [7, 11) is 2.06. The smallest absolute Gasteiger partial charge is 0.222 e. The lowest BCUT2D eigenvalue weighted by molar-refractivity contribution is -0.660. The van der Waals surface area contributed by atoms with E-state index in [2.05, 4.69) is 72.2 Å². The Labute approximate surface area is 218 Å². The lowest BCUT2D eigenvalue weighted by Crippen LogP contribution is -2.31. The van der Waals surface area contributed by atoms with E-state index < -0.39 is 0 Å². The minimum absolute atomic E-state index is 0.122. The number of aryl methyl sites for hydroxylation is 2. The lowest BCUT2D eigenvalue weighted by Gasteiger charge is -2.14. The van der Waals surface area contributed by atoms with Crippen LogP contribution in [0.4, 0.5) is 0 Å². The fourth-order valence-corrected chi connectivity index (χ4v) is 5.35. The molecule has 37 heavy (non-hydrogen) atoms. The van der Waals surface area contributed by atoms with E-state index in [0.717, 1.165) is 73.2 Å². The van der Waals surface area contributed by atoms with E-state index in [-0.39, 0.29) is 11.7 Å². The zero-order valence-electron chi connectivity index (χ0n) is 21.8. The van der Waals surface area contributed by atoms with Crippen LogP contribution in [-0.4, -0.2) is 39.1 Å². The number of hydrogen-bond acceptors (Lipinski definition) is 3. The summed E-state index contributed by atoms with van der Waals surface area (Å²) < 4.78 is 4.08. The summed E-state index contributed by atoms with van der Waals surface area (Å²) in [5.74, 6) is 0.411. The molecule has 3 aromatic heterocycles. The Morgan fingerprint density at radius 1 is 1.03 bits per heavy atom. The van der Waals surface area contributed by atoms with Gasteiger partial charge in [0.25, 0.3) is 0 Å². The first-order valence-corrected chi connectivity index (χ1v) is 13.4. The standard InChI is InChI=1S/C31H35N4O2/c1-23-10-7-11-24(20-23)31-26(12-8-17-33(31)2)25-15-16-29-32-21-27(35(29)22-25)28(36)13-5-3-4-6-18-34-19-9-14-30(34)37/h7-8,10-12,15-17,20-22H,3-6,9,13-14,18-19H2,1-2H3/q+1. The predicted octanol–water partition coefficient (Wildman–Crippen LogP) is 5.56. The van der Waals surface area contributed by atoms with Gasteiger partial charge < -0.3 is 4.90 Å². The van der Waals surface area contributed by atoms with Gasteiger partial charge in [-0.1, -0.05) is 30.5 Å². The number of benzene rings is 1. The first kappa shape index (κ1) is 24.9. The number of hydrogen-bond donors (Lipinski definition) is 0. The molecule has 1 aromatic carbocycles. The van der Waals surface area contributed by atoms with Crippen LogP contribution in [0.25, 0.3) is 28.0 Å². The van der Waals surface area contributed by atoms with Crippen molar-refractivity contribution in [1.29, 1.82) is 0 Å². The Balaban J connectivity index is 1.29. The summed E-state index contributed by atoms with van der Waals surface area (Å²) >= 11 is 0. The summed E-state index contributed by atoms with van der Waals surface area (Å²) in [6.07, 6.45) is 11.9. The molecule has 0 N–H and O–H groups in total. The normalized spacial score (nSPS) is 13.6. The fraction of sp³-hybridized carbons (Fsp3) is 0.355. The molecule has 0 atom stereocenters. The van der Waals surface area contributed by atoms with Crippen LogP contribution < -0.4 is 4.57 Å². The SMILES string of the molecule is Cc1cccc(-c2c(-c3ccc4ncc(C(=O)CCCCCCN5CCCC5=O)n4c3)ccc[n+]2C)c1. The summed E-state index contributed by atoms with van der Waals surface area (Å²) in [4.78, 5) is 31.3. The molecule has 0 aliphatic carbocycles. The molecule has 190 valence electrons. The summed E-state index contributed by atoms with van der Waals surface area (Å²) in [6, 6.07) is 16.8. The summed E-state index contributed by atoms with van der Waals surface area (Å²) in [5, 5.41) is 0. The Kier molecular flexibility index (Phi) is 7.45. The van der Waals surface area contributed by atoms with Crippen LogP contribution in [0.2, 0.25) is 0 Å². The number of nitrogens with zero attached hydrogens (tertiary/aromatic N) is 4. The average molecular weight is 496 g/mol. The van der Waals surface area contributed by atoms with Gasteiger partial charge in [0, 0.05) is 49.3 Å². The highest BCUT2D eigenvalue weighted by Gasteiger charge is 2.20. The molecule has 5 rings (SSSR count). The largest absolute Gasteiger partial charge is 0.343 e. The van der Waals surface area contributed by atoms with Crippen molar-refractivity contribution >= 4 is 17.3 Å². The molecule has 1 amide bonds. The van der Waals surface area contributed by atoms with Crippen molar-refractivity contribution in [2.45, 2.75) is 51.9 Å². The second-order valence-electron chi connectivity index (χ2n) is 10.1. The van der Waals surface area contributed by atoms with Gasteiger partial charge in [-0.2, -0.15) is 0 Å². The third-order valence-electron chi connectivity index (χ3n) is 7.33. The van der Waals surface area contributed by atoms with Crippen LogP contribution in [-0.2, 0) is 11.8 Å². The summed E-state index contributed by atoms with van der Waals surface area (Å²) in [5.41, 5.74) is 7.08. The molecule has 0 bridgehead atoms. The number of Topliss-reactive ketones (excluding diaryl/α,β-unsaturated/α-hetero) is 1. The quantitative estimate of drug-likeness (QED) is 0.164. The van der Waals surface area contributed by atoms with E-state index in [1.54, 1.807) is 6.20 Å². The van der Waals surface area contributed by atoms with Gasteiger partial charge in [0.05, 0.1) is 11.8 Å². The molecule has 0 spiro atoms. The van der Waals surface area contributed by atoms with E-state index in [0.29, 0.717) is 18.5 Å². The van der Waals surface area contributed by atoms with Crippen LogP contribution in [0.1, 0.15) is 61.0 Å². The zero-order valence-corrected chi connectivity index (χ0v) is 21.8. The van der Waals surface area contributed by atoms with Crippen LogP contribution in [0.3, 0.4) is 0 Å². The number of carbonyl (C=O) groups is 2. The first-order valence-electron chi connectivity index (χ1n) is 13.4. The maximum Gasteiger partial charge on any atom is 0.222 e. The number of imidazole rings is 1. The van der Waals surface area contributed by atoms with Crippen molar-refractivity contribution in [1.82, 2.24) is 14.3 Å². The highest BCUT2D eigenvalue weighted by molar-refractivity contribution is 5.95. The second kappa shape index (κ2) is 11.1. The van der Waals surface area contributed by atoms with E-state index in [1.807, 2.05) is 21.6 Å². The molecule has 6 nitrogen and oxygen atoms in total. The fourth-order valence-electron chi connectivity index (χ4n) is 5.35. The van der Waals surface area contributed by atoms with E-state index in [4.69, 9.17) is 0 Å². The second-order valence-corrected chi connectivity index (χ2v) is 10.1. The average Bonchev–Trinajstić information content (AvgIpc) is 3.51. The van der Waals surface area contributed by atoms with Gasteiger partial charge in [-0.05, 0) is 56.5 Å². The molecule has 1 saturated heterocycles. The highest BCUT2D eigenvalue weighted by atomic mass is 16.2. The number of unbranched alkanes of at least 4 members (excludes halogenated alkanes) is 3. The lowest BCUT2D eigenvalue weighted by atomic mass is 9.99. The number of amides is 1. The van der Waals surface area contributed by atoms with Gasteiger partial charge in [-0.25, -0.2) is 9.55 Å². The Morgan fingerprint density at radius 2 is 1.89 bits per heavy atom. The molecule has 6 heteroatoms. The summed E-state index contributed by atoms with van der Waals surface area (Å²) in [6.45, 7) is 3.86. The van der Waals surface area contributed by atoms with E-state index >= 15 is 0 Å². The van der Waals surface area contributed by atoms with Gasteiger partial charge in [-0.15, -0.1) is 0 Å². The van der Waals surface area contributed by atoms with Crippen molar-refractivity contribution in [3.63, 3.8) is 0 Å². The molecule has 4 heterocycles. The van der Waals surface area contributed by atoms with Crippen molar-refractivity contribution in [3.8, 4) is 22.4 Å². The monoisotopic (exact) mass is 495 g/mol. The molecule has 0 unspecified atom stereocenters. The maximum atomic E-state index is 13.1. The minimum Gasteiger partial charge on any atom is -0.343 e. The number of pyridine rings is 2. The molecule has 1 aliphatic heterocycles. The Morgan fingerprint density at radius 3 is 2.70 bits per heavy atom. The Hall–Kier alpha value is -3.80. The number of fused-ring (bicyclic) bond motifs is 1. The molecule has 4 aromatic rings. The molecule has 1 aliphatic rings. The molecule has 1 fully saturated rings. The predicted molar refractivity (Wildman–Crippen MR) is 145 cm³/mol. The van der Waals surface area contributed by atoms with Gasteiger partial charge in [0.1, 0.15) is 18.4 Å². The number of ketones is 1. The molecule has 0 saturated carbocycles. The number of likely N-dealkylation sites (tertiary alicyclic amines) is 1. The van der Waals surface area contributed by atoms with Crippen molar-refractivity contribution in [2.24, 2.45) is 7.05 Å². The topological polar surface area (TPSA) is 58.6 Å². The van der Waals surface area contributed by atoms with Crippen molar-refractivity contribution < 1.29 is 14.2 Å². The minimum atomic E-state index is 0.122. The van der Waals surface area contributed by atoms with Gasteiger partial charge in [0.2, 0.25) is 11.6 Å². The Bertz CT molecular complexity index is 1440. The number of carbonyl (C=O) groups excluding carboxylic acids is 2. The van der Waals surface area contributed by atoms with Gasteiger partial charge >= 0.3 is 0 Å². The zero-order chi connectivity index (χ0) is 25.8. The third-order valence-corrected chi connectivity index (χ3v) is 7.33. The van der Waals surface area contributed by atoms with Crippen LogP contribution in [0.15, 0.2) is 67.1 Å². The van der Waals surface area contributed by atoms with E-state index in [1.165, 1.54) is 5.56 Å². The molecular weight excluding hydrogens is 460 g/mol. The van der Waals surface area contributed by atoms with Crippen molar-refractivity contribution in [3.05, 3.63) is 78.4 Å². The van der Waals surface area contributed by atoms with E-state index in [9.17, 15) is 9.59 Å². The van der Waals surface area contributed by atoms with Gasteiger partial charge in [0.15, 0.2) is 12.0 Å². The maximum absolute atomic E-state index is 13.1. The molecule has 0 radical (unpaired) electrons. The van der Waals surface area contributed by atoms with Crippen LogP contribution in [0, 0.1) is 6.92 Å². The van der Waals surface area contributed by atoms with Crippen molar-refractivity contribution in [2.75, 3.05) is 13.1 Å². The number of rotatable bonds is 10. The highest BCUT2D eigenvalue weighted by Crippen LogP contribution is 2.30. The van der Waals surface area contributed by atoms with Crippen LogP contribution in [0.5, 0.6) is 0 Å². The van der Waals surface area contributed by atoms with Gasteiger partial charge in [-0.3, -0.25) is 14.0 Å². The molecular formula is C31H35N4O2+.